The van der Waals surface area contributed by atoms with Crippen LogP contribution in [-0.2, 0) is 0 Å². The number of rotatable bonds is 3. The van der Waals surface area contributed by atoms with Crippen LogP contribution in [0.3, 0.4) is 0 Å². The minimum absolute atomic E-state index is 0.0911. The maximum absolute atomic E-state index is 12.9. The van der Waals surface area contributed by atoms with Gasteiger partial charge in [-0.1, -0.05) is 19.0 Å². The topological polar surface area (TPSA) is 89.4 Å². The quantitative estimate of drug-likeness (QED) is 0.726. The predicted octanol–water partition coefficient (Wildman–Crippen LogP) is 2.26. The van der Waals surface area contributed by atoms with Crippen LogP contribution in [-0.4, -0.2) is 48.4 Å². The second-order valence-electron chi connectivity index (χ2n) is 6.67. The van der Waals surface area contributed by atoms with Crippen molar-refractivity contribution in [1.29, 1.82) is 0 Å². The van der Waals surface area contributed by atoms with Crippen LogP contribution in [0.25, 0.3) is 5.65 Å². The Kier molecular flexibility index (Phi) is 3.95. The van der Waals surface area contributed by atoms with Gasteiger partial charge in [0.05, 0.1) is 0 Å². The molecule has 1 amide bonds. The van der Waals surface area contributed by atoms with Crippen LogP contribution in [0.4, 0.5) is 0 Å². The van der Waals surface area contributed by atoms with Crippen molar-refractivity contribution < 1.29 is 9.32 Å². The average Bonchev–Trinajstić information content (AvgIpc) is 3.30. The van der Waals surface area contributed by atoms with Gasteiger partial charge in [0.2, 0.25) is 5.89 Å². The number of fused-ring (bicyclic) bond motifs is 1. The molecule has 130 valence electrons. The van der Waals surface area contributed by atoms with Gasteiger partial charge >= 0.3 is 0 Å². The van der Waals surface area contributed by atoms with Crippen molar-refractivity contribution in [3.8, 4) is 0 Å². The Morgan fingerprint density at radius 1 is 1.28 bits per heavy atom. The molecule has 0 radical (unpaired) electrons. The Balaban J connectivity index is 1.56. The lowest BCUT2D eigenvalue weighted by atomic mass is 9.97. The van der Waals surface area contributed by atoms with Gasteiger partial charge in [0.15, 0.2) is 17.2 Å². The number of aromatic nitrogens is 5. The number of hydrogen-bond donors (Lipinski definition) is 0. The lowest BCUT2D eigenvalue weighted by Gasteiger charge is -2.31. The number of amides is 1. The number of carbonyl (C=O) groups excluding carboxylic acids is 1. The summed E-state index contributed by atoms with van der Waals surface area (Å²) in [5.74, 6) is 1.52. The molecule has 1 atom stereocenters. The van der Waals surface area contributed by atoms with E-state index in [1.54, 1.807) is 29.2 Å². The first kappa shape index (κ1) is 15.7. The van der Waals surface area contributed by atoms with Crippen molar-refractivity contribution in [2.24, 2.45) is 0 Å². The maximum Gasteiger partial charge on any atom is 0.276 e. The Hall–Kier alpha value is -2.77. The van der Waals surface area contributed by atoms with Crippen LogP contribution in [0.2, 0.25) is 0 Å². The summed E-state index contributed by atoms with van der Waals surface area (Å²) in [6.07, 6.45) is 8.73. The van der Waals surface area contributed by atoms with Gasteiger partial charge in [0.25, 0.3) is 5.91 Å². The Morgan fingerprint density at radius 2 is 2.08 bits per heavy atom. The standard InChI is InChI=1S/C17H20N6O2/c1-11(2)16-20-14(21-25-16)12-4-3-7-23(10-12)17(24)13-15-19-6-9-22(15)8-5-18-13/h5-6,8-9,11-12H,3-4,7,10H2,1-2H3/t12-/m1/s1. The van der Waals surface area contributed by atoms with Gasteiger partial charge in [-0.05, 0) is 12.8 Å². The summed E-state index contributed by atoms with van der Waals surface area (Å²) < 4.78 is 7.12. The molecule has 1 aliphatic heterocycles. The first-order valence-corrected chi connectivity index (χ1v) is 8.54. The molecule has 25 heavy (non-hydrogen) atoms. The third-order valence-electron chi connectivity index (χ3n) is 4.54. The third kappa shape index (κ3) is 2.88. The summed E-state index contributed by atoms with van der Waals surface area (Å²) in [7, 11) is 0. The smallest absolute Gasteiger partial charge is 0.276 e. The molecule has 4 heterocycles. The fourth-order valence-electron chi connectivity index (χ4n) is 3.17. The summed E-state index contributed by atoms with van der Waals surface area (Å²) in [4.78, 5) is 27.8. The van der Waals surface area contributed by atoms with E-state index in [0.717, 1.165) is 12.8 Å². The molecule has 1 aliphatic rings. The molecular weight excluding hydrogens is 320 g/mol. The second-order valence-corrected chi connectivity index (χ2v) is 6.67. The van der Waals surface area contributed by atoms with Crippen molar-refractivity contribution in [2.75, 3.05) is 13.1 Å². The van der Waals surface area contributed by atoms with Crippen molar-refractivity contribution in [1.82, 2.24) is 29.4 Å². The van der Waals surface area contributed by atoms with Crippen LogP contribution in [0, 0.1) is 0 Å². The van der Waals surface area contributed by atoms with E-state index in [4.69, 9.17) is 4.52 Å². The molecule has 0 aromatic carbocycles. The first-order chi connectivity index (χ1) is 12.1. The lowest BCUT2D eigenvalue weighted by molar-refractivity contribution is 0.0699. The van der Waals surface area contributed by atoms with Crippen molar-refractivity contribution in [3.05, 3.63) is 42.2 Å². The highest BCUT2D eigenvalue weighted by molar-refractivity contribution is 5.97. The molecule has 4 rings (SSSR count). The molecule has 0 bridgehead atoms. The van der Waals surface area contributed by atoms with E-state index in [9.17, 15) is 4.79 Å². The molecule has 0 unspecified atom stereocenters. The molecule has 8 nitrogen and oxygen atoms in total. The molecule has 0 aliphatic carbocycles. The van der Waals surface area contributed by atoms with Crippen molar-refractivity contribution in [2.45, 2.75) is 38.5 Å². The van der Waals surface area contributed by atoms with E-state index < -0.39 is 0 Å². The van der Waals surface area contributed by atoms with Gasteiger partial charge in [-0.3, -0.25) is 4.79 Å². The van der Waals surface area contributed by atoms with Crippen molar-refractivity contribution >= 4 is 11.6 Å². The van der Waals surface area contributed by atoms with Crippen LogP contribution in [0.15, 0.2) is 29.3 Å². The fraction of sp³-hybridized carbons (Fsp3) is 0.471. The summed E-state index contributed by atoms with van der Waals surface area (Å²) in [5, 5.41) is 4.11. The number of nitrogens with zero attached hydrogens (tertiary/aromatic N) is 6. The van der Waals surface area contributed by atoms with E-state index >= 15 is 0 Å². The summed E-state index contributed by atoms with van der Waals surface area (Å²) in [6.45, 7) is 5.31. The van der Waals surface area contributed by atoms with E-state index in [2.05, 4.69) is 20.1 Å². The highest BCUT2D eigenvalue weighted by atomic mass is 16.5. The minimum Gasteiger partial charge on any atom is -0.339 e. The average molecular weight is 340 g/mol. The maximum atomic E-state index is 12.9. The lowest BCUT2D eigenvalue weighted by Crippen LogP contribution is -2.40. The van der Waals surface area contributed by atoms with Gasteiger partial charge in [-0.2, -0.15) is 4.98 Å². The zero-order valence-corrected chi connectivity index (χ0v) is 14.3. The molecule has 1 saturated heterocycles. The molecule has 0 saturated carbocycles. The van der Waals surface area contributed by atoms with Crippen LogP contribution < -0.4 is 0 Å². The number of piperidine rings is 1. The van der Waals surface area contributed by atoms with Gasteiger partial charge in [0, 0.05) is 49.7 Å². The Labute approximate surface area is 144 Å². The van der Waals surface area contributed by atoms with E-state index in [-0.39, 0.29) is 17.7 Å². The van der Waals surface area contributed by atoms with E-state index in [0.29, 0.717) is 36.1 Å². The summed E-state index contributed by atoms with van der Waals surface area (Å²) in [5.41, 5.74) is 0.959. The number of imidazole rings is 1. The summed E-state index contributed by atoms with van der Waals surface area (Å²) in [6, 6.07) is 0. The van der Waals surface area contributed by atoms with Gasteiger partial charge in [0.1, 0.15) is 0 Å². The largest absolute Gasteiger partial charge is 0.339 e. The molecule has 3 aromatic rings. The predicted molar refractivity (Wildman–Crippen MR) is 89.3 cm³/mol. The Morgan fingerprint density at radius 3 is 2.84 bits per heavy atom. The highest BCUT2D eigenvalue weighted by Crippen LogP contribution is 2.27. The molecule has 1 fully saturated rings. The fourth-order valence-corrected chi connectivity index (χ4v) is 3.17. The third-order valence-corrected chi connectivity index (χ3v) is 4.54. The monoisotopic (exact) mass is 340 g/mol. The highest BCUT2D eigenvalue weighted by Gasteiger charge is 2.30. The van der Waals surface area contributed by atoms with Gasteiger partial charge in [-0.15, -0.1) is 0 Å². The SMILES string of the molecule is CC(C)c1nc([C@@H]2CCCN(C(=O)c3nccn4ccnc34)C2)no1. The first-order valence-electron chi connectivity index (χ1n) is 8.54. The van der Waals surface area contributed by atoms with Crippen molar-refractivity contribution in [3.63, 3.8) is 0 Å². The zero-order valence-electron chi connectivity index (χ0n) is 14.3. The van der Waals surface area contributed by atoms with E-state index in [1.165, 1.54) is 0 Å². The van der Waals surface area contributed by atoms with Gasteiger partial charge in [-0.25, -0.2) is 9.97 Å². The van der Waals surface area contributed by atoms with Crippen LogP contribution >= 0.6 is 0 Å². The van der Waals surface area contributed by atoms with Gasteiger partial charge < -0.3 is 13.8 Å². The molecule has 0 spiro atoms. The summed E-state index contributed by atoms with van der Waals surface area (Å²) >= 11 is 0. The van der Waals surface area contributed by atoms with E-state index in [1.807, 2.05) is 18.7 Å². The number of likely N-dealkylation sites (tertiary alicyclic amines) is 1. The molecule has 0 N–H and O–H groups in total. The number of carbonyl (C=O) groups is 1. The molecule has 8 heteroatoms. The normalized spacial score (nSPS) is 18.2. The minimum atomic E-state index is -0.103. The number of hydrogen-bond acceptors (Lipinski definition) is 6. The van der Waals surface area contributed by atoms with Crippen LogP contribution in [0.1, 0.15) is 60.7 Å². The molecular formula is C17H20N6O2. The molecule has 3 aromatic heterocycles. The Bertz CT molecular complexity index is 899. The zero-order chi connectivity index (χ0) is 17.4. The van der Waals surface area contributed by atoms with Crippen LogP contribution in [0.5, 0.6) is 0 Å². The second kappa shape index (κ2) is 6.27.